The molecule has 0 aliphatic carbocycles. The van der Waals surface area contributed by atoms with E-state index in [9.17, 15) is 4.39 Å². The van der Waals surface area contributed by atoms with Crippen LogP contribution in [-0.2, 0) is 17.8 Å². The maximum absolute atomic E-state index is 13.8. The summed E-state index contributed by atoms with van der Waals surface area (Å²) < 4.78 is 24.3. The Bertz CT molecular complexity index is 707. The van der Waals surface area contributed by atoms with E-state index in [1.54, 1.807) is 19.4 Å². The van der Waals surface area contributed by atoms with Gasteiger partial charge in [-0.1, -0.05) is 12.1 Å². The molecule has 0 aliphatic heterocycles. The monoisotopic (exact) mass is 374 g/mol. The number of guanidine groups is 1. The van der Waals surface area contributed by atoms with Crippen molar-refractivity contribution in [1.82, 2.24) is 15.6 Å². The van der Waals surface area contributed by atoms with Crippen molar-refractivity contribution in [2.45, 2.75) is 26.4 Å². The summed E-state index contributed by atoms with van der Waals surface area (Å²) in [7, 11) is 1.64. The molecule has 0 atom stereocenters. The van der Waals surface area contributed by atoms with Crippen molar-refractivity contribution in [2.24, 2.45) is 4.99 Å². The summed E-state index contributed by atoms with van der Waals surface area (Å²) in [4.78, 5) is 8.63. The van der Waals surface area contributed by atoms with Gasteiger partial charge < -0.3 is 20.1 Å². The minimum atomic E-state index is -0.337. The largest absolute Gasteiger partial charge is 0.497 e. The van der Waals surface area contributed by atoms with Crippen LogP contribution < -0.4 is 15.4 Å². The predicted octanol–water partition coefficient (Wildman–Crippen LogP) is 2.89. The molecule has 0 amide bonds. The smallest absolute Gasteiger partial charge is 0.191 e. The third-order valence-corrected chi connectivity index (χ3v) is 3.80. The van der Waals surface area contributed by atoms with Crippen molar-refractivity contribution in [3.63, 3.8) is 0 Å². The van der Waals surface area contributed by atoms with Gasteiger partial charge in [-0.05, 0) is 43.2 Å². The lowest BCUT2D eigenvalue weighted by Crippen LogP contribution is -2.38. The van der Waals surface area contributed by atoms with E-state index in [0.717, 1.165) is 17.7 Å². The minimum Gasteiger partial charge on any atom is -0.497 e. The first kappa shape index (κ1) is 20.6. The molecule has 1 heterocycles. The Morgan fingerprint density at radius 2 is 2.00 bits per heavy atom. The van der Waals surface area contributed by atoms with Crippen molar-refractivity contribution < 1.29 is 13.9 Å². The van der Waals surface area contributed by atoms with E-state index in [-0.39, 0.29) is 12.4 Å². The van der Waals surface area contributed by atoms with E-state index >= 15 is 0 Å². The lowest BCUT2D eigenvalue weighted by molar-refractivity contribution is 0.145. The molecule has 0 spiro atoms. The minimum absolute atomic E-state index is 0.257. The number of aromatic nitrogens is 1. The van der Waals surface area contributed by atoms with Gasteiger partial charge >= 0.3 is 0 Å². The van der Waals surface area contributed by atoms with E-state index in [1.807, 2.05) is 31.2 Å². The van der Waals surface area contributed by atoms with Crippen molar-refractivity contribution >= 4 is 5.96 Å². The van der Waals surface area contributed by atoms with E-state index < -0.39 is 0 Å². The first-order valence-electron chi connectivity index (χ1n) is 9.05. The zero-order valence-corrected chi connectivity index (χ0v) is 15.9. The molecule has 1 aromatic heterocycles. The first-order chi connectivity index (χ1) is 13.2. The second kappa shape index (κ2) is 11.9. The number of rotatable bonds is 10. The Morgan fingerprint density at radius 3 is 2.70 bits per heavy atom. The number of pyridine rings is 1. The Hall–Kier alpha value is -2.67. The second-order valence-electron chi connectivity index (χ2n) is 5.78. The normalized spacial score (nSPS) is 11.3. The number of methoxy groups -OCH3 is 1. The molecule has 0 saturated carbocycles. The van der Waals surface area contributed by atoms with Crippen LogP contribution in [0.2, 0.25) is 0 Å². The van der Waals surface area contributed by atoms with Crippen LogP contribution in [-0.4, -0.2) is 37.8 Å². The summed E-state index contributed by atoms with van der Waals surface area (Å²) >= 11 is 0. The number of nitrogens with one attached hydrogen (secondary N) is 2. The number of halogens is 1. The fourth-order valence-corrected chi connectivity index (χ4v) is 2.32. The summed E-state index contributed by atoms with van der Waals surface area (Å²) in [6.07, 6.45) is 2.43. The summed E-state index contributed by atoms with van der Waals surface area (Å²) in [5, 5.41) is 6.38. The highest BCUT2D eigenvalue weighted by molar-refractivity contribution is 5.79. The number of nitrogens with zero attached hydrogens (tertiary/aromatic N) is 2. The molecule has 6 nitrogen and oxygen atoms in total. The van der Waals surface area contributed by atoms with Crippen LogP contribution in [0.15, 0.2) is 47.6 Å². The van der Waals surface area contributed by atoms with Crippen LogP contribution in [0.3, 0.4) is 0 Å². The fraction of sp³-hybridized carbons (Fsp3) is 0.400. The molecule has 0 unspecified atom stereocenters. The molecule has 0 fully saturated rings. The third-order valence-electron chi connectivity index (χ3n) is 3.80. The van der Waals surface area contributed by atoms with Gasteiger partial charge in [0.2, 0.25) is 0 Å². The van der Waals surface area contributed by atoms with Gasteiger partial charge in [0.05, 0.1) is 25.9 Å². The lowest BCUT2D eigenvalue weighted by atomic mass is 10.2. The molecule has 2 aromatic rings. The van der Waals surface area contributed by atoms with Crippen molar-refractivity contribution in [3.8, 4) is 5.75 Å². The fourth-order valence-electron chi connectivity index (χ4n) is 2.32. The van der Waals surface area contributed by atoms with Crippen molar-refractivity contribution in [3.05, 3.63) is 59.7 Å². The lowest BCUT2D eigenvalue weighted by Gasteiger charge is -2.13. The maximum atomic E-state index is 13.8. The van der Waals surface area contributed by atoms with Gasteiger partial charge in [0.1, 0.15) is 11.6 Å². The molecule has 146 valence electrons. The van der Waals surface area contributed by atoms with Crippen molar-refractivity contribution in [2.75, 3.05) is 26.9 Å². The Kier molecular flexibility index (Phi) is 9.06. The Morgan fingerprint density at radius 1 is 1.19 bits per heavy atom. The van der Waals surface area contributed by atoms with Gasteiger partial charge in [-0.15, -0.1) is 0 Å². The van der Waals surface area contributed by atoms with Crippen LogP contribution in [0.4, 0.5) is 4.39 Å². The molecular formula is C20H27FN4O2. The maximum Gasteiger partial charge on any atom is 0.191 e. The van der Waals surface area contributed by atoms with Crippen LogP contribution in [0.5, 0.6) is 5.75 Å². The van der Waals surface area contributed by atoms with E-state index in [0.29, 0.717) is 38.0 Å². The standard InChI is InChI=1S/C20H27FN4O2/c1-3-27-13-5-12-23-20(25-15-19-18(21)6-4-11-22-19)24-14-16-7-9-17(26-2)10-8-16/h4,6-11H,3,5,12-15H2,1-2H3,(H2,23,24,25). The van der Waals surface area contributed by atoms with E-state index in [1.165, 1.54) is 6.07 Å². The molecular weight excluding hydrogens is 347 g/mol. The predicted molar refractivity (Wildman–Crippen MR) is 104 cm³/mol. The van der Waals surface area contributed by atoms with Gasteiger partial charge in [0.25, 0.3) is 0 Å². The van der Waals surface area contributed by atoms with Crippen LogP contribution in [0, 0.1) is 5.82 Å². The molecule has 0 saturated heterocycles. The summed E-state index contributed by atoms with van der Waals surface area (Å²) in [5.41, 5.74) is 1.40. The molecule has 0 radical (unpaired) electrons. The highest BCUT2D eigenvalue weighted by Gasteiger charge is 2.05. The highest BCUT2D eigenvalue weighted by atomic mass is 19.1. The average Bonchev–Trinajstić information content (AvgIpc) is 2.70. The van der Waals surface area contributed by atoms with Gasteiger partial charge in [-0.3, -0.25) is 4.98 Å². The number of ether oxygens (including phenoxy) is 2. The van der Waals surface area contributed by atoms with Gasteiger partial charge in [-0.25, -0.2) is 9.38 Å². The first-order valence-corrected chi connectivity index (χ1v) is 9.05. The number of benzene rings is 1. The Balaban J connectivity index is 1.95. The quantitative estimate of drug-likeness (QED) is 0.380. The zero-order valence-electron chi connectivity index (χ0n) is 15.9. The zero-order chi connectivity index (χ0) is 19.3. The molecule has 7 heteroatoms. The molecule has 0 bridgehead atoms. The van der Waals surface area contributed by atoms with E-state index in [4.69, 9.17) is 9.47 Å². The SMILES string of the molecule is CCOCCCNC(=NCc1ccc(OC)cc1)NCc1ncccc1F. The topological polar surface area (TPSA) is 67.8 Å². The highest BCUT2D eigenvalue weighted by Crippen LogP contribution is 2.11. The molecule has 27 heavy (non-hydrogen) atoms. The van der Waals surface area contributed by atoms with Crippen LogP contribution in [0.25, 0.3) is 0 Å². The number of hydrogen-bond acceptors (Lipinski definition) is 4. The van der Waals surface area contributed by atoms with Gasteiger partial charge in [0.15, 0.2) is 5.96 Å². The van der Waals surface area contributed by atoms with Gasteiger partial charge in [0, 0.05) is 26.0 Å². The Labute approximate surface area is 159 Å². The molecule has 1 aromatic carbocycles. The number of aliphatic imine (C=N–C) groups is 1. The van der Waals surface area contributed by atoms with E-state index in [2.05, 4.69) is 20.6 Å². The average molecular weight is 374 g/mol. The second-order valence-corrected chi connectivity index (χ2v) is 5.78. The summed E-state index contributed by atoms with van der Waals surface area (Å²) in [6.45, 7) is 4.82. The summed E-state index contributed by atoms with van der Waals surface area (Å²) in [5.74, 6) is 1.07. The molecule has 0 aliphatic rings. The molecule has 2 N–H and O–H groups in total. The van der Waals surface area contributed by atoms with Gasteiger partial charge in [-0.2, -0.15) is 0 Å². The summed E-state index contributed by atoms with van der Waals surface area (Å²) in [6, 6.07) is 10.7. The van der Waals surface area contributed by atoms with Crippen LogP contribution in [0.1, 0.15) is 24.6 Å². The number of hydrogen-bond donors (Lipinski definition) is 2. The van der Waals surface area contributed by atoms with Crippen LogP contribution >= 0.6 is 0 Å². The third kappa shape index (κ3) is 7.62. The molecule has 2 rings (SSSR count). The van der Waals surface area contributed by atoms with Crippen molar-refractivity contribution in [1.29, 1.82) is 0 Å².